The van der Waals surface area contributed by atoms with Crippen molar-refractivity contribution in [1.29, 1.82) is 0 Å². The number of fused-ring (bicyclic) bond motifs is 3. The van der Waals surface area contributed by atoms with Crippen molar-refractivity contribution in [2.45, 2.75) is 44.1 Å². The van der Waals surface area contributed by atoms with Crippen LogP contribution in [0, 0.1) is 5.92 Å². The van der Waals surface area contributed by atoms with Crippen LogP contribution in [0.4, 0.5) is 5.95 Å². The number of nitrogens with one attached hydrogen (secondary N) is 1. The highest BCUT2D eigenvalue weighted by atomic mass is 16.3. The molecule has 0 radical (unpaired) electrons. The number of hydrogen-bond donors (Lipinski definition) is 3. The van der Waals surface area contributed by atoms with Gasteiger partial charge in [-0.1, -0.05) is 6.07 Å². The van der Waals surface area contributed by atoms with Gasteiger partial charge in [-0.3, -0.25) is 9.36 Å². The van der Waals surface area contributed by atoms with Crippen molar-refractivity contribution in [1.82, 2.24) is 24.1 Å². The van der Waals surface area contributed by atoms with Gasteiger partial charge in [-0.15, -0.1) is 0 Å². The molecule has 0 spiro atoms. The zero-order chi connectivity index (χ0) is 21.8. The Labute approximate surface area is 183 Å². The molecule has 1 aliphatic carbocycles. The van der Waals surface area contributed by atoms with Gasteiger partial charge in [0.1, 0.15) is 18.1 Å². The monoisotopic (exact) mass is 432 g/mol. The van der Waals surface area contributed by atoms with E-state index in [0.29, 0.717) is 29.8 Å². The lowest BCUT2D eigenvalue weighted by atomic mass is 9.95. The van der Waals surface area contributed by atoms with Crippen LogP contribution in [0.2, 0.25) is 0 Å². The van der Waals surface area contributed by atoms with E-state index in [-0.39, 0.29) is 17.5 Å². The van der Waals surface area contributed by atoms with Gasteiger partial charge in [0.25, 0.3) is 5.56 Å². The third-order valence-electron chi connectivity index (χ3n) is 6.95. The predicted octanol–water partition coefficient (Wildman–Crippen LogP) is 1.48. The molecule has 6 rings (SSSR count). The van der Waals surface area contributed by atoms with E-state index in [1.807, 2.05) is 35.0 Å². The Morgan fingerprint density at radius 2 is 2.09 bits per heavy atom. The van der Waals surface area contributed by atoms with E-state index in [2.05, 4.69) is 20.3 Å². The van der Waals surface area contributed by atoms with Crippen molar-refractivity contribution in [3.05, 3.63) is 58.9 Å². The standard InChI is InChI=1S/C23H24N6O3/c30-19-14(10-18(20(19)31)28-7-5-15-11-24-12-26-21(15)28)3-1-13-2-4-16-17(9-13)27-23-25-6-8-29(23)22(16)32/h2,4-5,7,9,11-12,14,18-20,30-31H,1,3,6,8,10H2,(H,25,27)/t14-,18+,19+,20-/m0/s1. The minimum absolute atomic E-state index is 0.0125. The van der Waals surface area contributed by atoms with Crippen LogP contribution in [0.15, 0.2) is 47.8 Å². The number of aryl methyl sites for hydroxylation is 1. The molecule has 1 aliphatic heterocycles. The third kappa shape index (κ3) is 3.00. The Morgan fingerprint density at radius 3 is 3.00 bits per heavy atom. The van der Waals surface area contributed by atoms with E-state index in [1.54, 1.807) is 10.8 Å². The predicted molar refractivity (Wildman–Crippen MR) is 119 cm³/mol. The normalized spacial score (nSPS) is 24.8. The molecule has 9 heteroatoms. The summed E-state index contributed by atoms with van der Waals surface area (Å²) in [6.45, 7) is 1.36. The molecule has 0 amide bonds. The molecule has 1 fully saturated rings. The summed E-state index contributed by atoms with van der Waals surface area (Å²) in [6.07, 6.45) is 5.64. The summed E-state index contributed by atoms with van der Waals surface area (Å²) >= 11 is 0. The number of hydrogen-bond acceptors (Lipinski definition) is 7. The molecule has 4 atom stereocenters. The molecule has 0 saturated heterocycles. The lowest BCUT2D eigenvalue weighted by Gasteiger charge is -2.18. The summed E-state index contributed by atoms with van der Waals surface area (Å²) < 4.78 is 3.63. The summed E-state index contributed by atoms with van der Waals surface area (Å²) in [7, 11) is 0. The number of aromatic nitrogens is 5. The Bertz CT molecular complexity index is 1380. The second kappa shape index (κ2) is 7.39. The van der Waals surface area contributed by atoms with E-state index in [9.17, 15) is 15.0 Å². The zero-order valence-corrected chi connectivity index (χ0v) is 17.4. The fourth-order valence-electron chi connectivity index (χ4n) is 5.22. The molecule has 3 N–H and O–H groups in total. The quantitative estimate of drug-likeness (QED) is 0.447. The molecule has 1 aromatic carbocycles. The van der Waals surface area contributed by atoms with Gasteiger partial charge in [0.2, 0.25) is 5.95 Å². The summed E-state index contributed by atoms with van der Waals surface area (Å²) in [5.74, 6) is 0.588. The second-order valence-corrected chi connectivity index (χ2v) is 8.78. The van der Waals surface area contributed by atoms with Crippen molar-refractivity contribution in [2.75, 3.05) is 11.9 Å². The Kier molecular flexibility index (Phi) is 4.48. The SMILES string of the molecule is O=c1c2ccc(CC[C@H]3C[C@@H](n4ccc5cncnc54)[C@H](O)[C@@H]3O)cc2nc2n1CCN2. The highest BCUT2D eigenvalue weighted by Crippen LogP contribution is 2.39. The highest BCUT2D eigenvalue weighted by Gasteiger charge is 2.42. The van der Waals surface area contributed by atoms with E-state index in [1.165, 1.54) is 6.33 Å². The minimum atomic E-state index is -0.849. The molecule has 3 aromatic heterocycles. The lowest BCUT2D eigenvalue weighted by Crippen LogP contribution is -2.29. The van der Waals surface area contributed by atoms with E-state index < -0.39 is 12.2 Å². The first-order valence-corrected chi connectivity index (χ1v) is 11.0. The van der Waals surface area contributed by atoms with Crippen LogP contribution < -0.4 is 10.9 Å². The Morgan fingerprint density at radius 1 is 1.19 bits per heavy atom. The first-order chi connectivity index (χ1) is 15.6. The zero-order valence-electron chi connectivity index (χ0n) is 17.4. The van der Waals surface area contributed by atoms with Crippen LogP contribution in [0.3, 0.4) is 0 Å². The van der Waals surface area contributed by atoms with Crippen LogP contribution in [-0.4, -0.2) is 53.1 Å². The van der Waals surface area contributed by atoms with Crippen molar-refractivity contribution >= 4 is 27.9 Å². The maximum Gasteiger partial charge on any atom is 0.262 e. The van der Waals surface area contributed by atoms with Crippen LogP contribution in [-0.2, 0) is 13.0 Å². The molecular weight excluding hydrogens is 408 g/mol. The van der Waals surface area contributed by atoms with Crippen molar-refractivity contribution in [2.24, 2.45) is 5.92 Å². The number of nitrogens with zero attached hydrogens (tertiary/aromatic N) is 5. The van der Waals surface area contributed by atoms with Gasteiger partial charge in [0.05, 0.1) is 23.0 Å². The van der Waals surface area contributed by atoms with E-state index in [4.69, 9.17) is 0 Å². The topological polar surface area (TPSA) is 118 Å². The number of aliphatic hydroxyl groups is 2. The average molecular weight is 432 g/mol. The van der Waals surface area contributed by atoms with E-state index in [0.717, 1.165) is 36.0 Å². The van der Waals surface area contributed by atoms with Gasteiger partial charge in [0.15, 0.2) is 0 Å². The number of rotatable bonds is 4. The van der Waals surface area contributed by atoms with E-state index >= 15 is 0 Å². The molecule has 4 heterocycles. The van der Waals surface area contributed by atoms with Crippen LogP contribution >= 0.6 is 0 Å². The van der Waals surface area contributed by atoms with Gasteiger partial charge in [0, 0.05) is 30.9 Å². The summed E-state index contributed by atoms with van der Waals surface area (Å²) in [5, 5.41) is 26.2. The maximum atomic E-state index is 12.6. The Balaban J connectivity index is 1.21. The summed E-state index contributed by atoms with van der Waals surface area (Å²) in [6, 6.07) is 7.47. The number of anilines is 1. The highest BCUT2D eigenvalue weighted by molar-refractivity contribution is 5.79. The molecule has 164 valence electrons. The van der Waals surface area contributed by atoms with Gasteiger partial charge >= 0.3 is 0 Å². The largest absolute Gasteiger partial charge is 0.390 e. The fraction of sp³-hybridized carbons (Fsp3) is 0.391. The molecule has 4 aromatic rings. The minimum Gasteiger partial charge on any atom is -0.390 e. The van der Waals surface area contributed by atoms with Crippen LogP contribution in [0.25, 0.3) is 21.9 Å². The first kappa shape index (κ1) is 19.4. The third-order valence-corrected chi connectivity index (χ3v) is 6.95. The number of aliphatic hydroxyl groups excluding tert-OH is 2. The second-order valence-electron chi connectivity index (χ2n) is 8.78. The van der Waals surface area contributed by atoms with Crippen molar-refractivity contribution in [3.8, 4) is 0 Å². The van der Waals surface area contributed by atoms with Gasteiger partial charge in [-0.2, -0.15) is 0 Å². The van der Waals surface area contributed by atoms with Crippen molar-refractivity contribution < 1.29 is 10.2 Å². The lowest BCUT2D eigenvalue weighted by molar-refractivity contribution is 0.00545. The van der Waals surface area contributed by atoms with Gasteiger partial charge < -0.3 is 20.1 Å². The average Bonchev–Trinajstić information content (AvgIpc) is 3.51. The summed E-state index contributed by atoms with van der Waals surface area (Å²) in [4.78, 5) is 25.6. The van der Waals surface area contributed by atoms with Crippen LogP contribution in [0.5, 0.6) is 0 Å². The van der Waals surface area contributed by atoms with Crippen molar-refractivity contribution in [3.63, 3.8) is 0 Å². The molecule has 0 unspecified atom stereocenters. The van der Waals surface area contributed by atoms with Gasteiger partial charge in [-0.25, -0.2) is 15.0 Å². The first-order valence-electron chi connectivity index (χ1n) is 11.0. The maximum absolute atomic E-state index is 12.6. The van der Waals surface area contributed by atoms with Gasteiger partial charge in [-0.05, 0) is 48.9 Å². The molecule has 1 saturated carbocycles. The Hall–Kier alpha value is -3.30. The smallest absolute Gasteiger partial charge is 0.262 e. The summed E-state index contributed by atoms with van der Waals surface area (Å²) in [5.41, 5.74) is 2.51. The molecule has 32 heavy (non-hydrogen) atoms. The number of benzene rings is 1. The van der Waals surface area contributed by atoms with Crippen LogP contribution in [0.1, 0.15) is 24.4 Å². The molecule has 0 bridgehead atoms. The fourth-order valence-corrected chi connectivity index (χ4v) is 5.22. The molecule has 9 nitrogen and oxygen atoms in total. The molecular formula is C23H24N6O3. The molecule has 2 aliphatic rings.